The molecule has 1 saturated carbocycles. The summed E-state index contributed by atoms with van der Waals surface area (Å²) < 4.78 is 58.8. The fraction of sp³-hybridized carbons (Fsp3) is 0.600. The number of rotatable bonds is 8. The SMILES string of the molecule is NC[C@H](C(=O)Nc1ccc(N2CCOCC2=O)c(F)c1)N(CC1CCC1)CC(F)(F)F. The fourth-order valence-corrected chi connectivity index (χ4v) is 3.76. The number of nitrogens with one attached hydrogen (secondary N) is 1. The van der Waals surface area contributed by atoms with E-state index in [4.69, 9.17) is 10.5 Å². The van der Waals surface area contributed by atoms with E-state index in [1.54, 1.807) is 0 Å². The van der Waals surface area contributed by atoms with Crippen LogP contribution in [0.5, 0.6) is 0 Å². The van der Waals surface area contributed by atoms with Crippen molar-refractivity contribution >= 4 is 23.2 Å². The number of alkyl halides is 3. The zero-order valence-electron chi connectivity index (χ0n) is 17.0. The van der Waals surface area contributed by atoms with E-state index in [2.05, 4.69) is 5.32 Å². The van der Waals surface area contributed by atoms with Crippen LogP contribution in [0.15, 0.2) is 18.2 Å². The van der Waals surface area contributed by atoms with Gasteiger partial charge in [-0.3, -0.25) is 14.5 Å². The molecule has 2 fully saturated rings. The number of halogens is 4. The summed E-state index contributed by atoms with van der Waals surface area (Å²) in [6.07, 6.45) is -1.88. The minimum Gasteiger partial charge on any atom is -0.370 e. The number of hydrogen-bond donors (Lipinski definition) is 2. The van der Waals surface area contributed by atoms with Crippen molar-refractivity contribution in [1.82, 2.24) is 4.90 Å². The zero-order valence-corrected chi connectivity index (χ0v) is 17.0. The Morgan fingerprint density at radius 3 is 2.65 bits per heavy atom. The van der Waals surface area contributed by atoms with Crippen molar-refractivity contribution in [1.29, 1.82) is 0 Å². The molecule has 2 amide bonds. The van der Waals surface area contributed by atoms with Crippen molar-refractivity contribution in [3.05, 3.63) is 24.0 Å². The predicted octanol–water partition coefficient (Wildman–Crippen LogP) is 2.12. The van der Waals surface area contributed by atoms with Crippen molar-refractivity contribution in [2.45, 2.75) is 31.5 Å². The number of ether oxygens (including phenoxy) is 1. The number of carbonyl (C=O) groups is 2. The molecule has 3 N–H and O–H groups in total. The van der Waals surface area contributed by atoms with Crippen molar-refractivity contribution in [3.63, 3.8) is 0 Å². The first-order valence-electron chi connectivity index (χ1n) is 10.2. The third-order valence-electron chi connectivity index (χ3n) is 5.56. The number of carbonyl (C=O) groups excluding carboxylic acids is 2. The maximum absolute atomic E-state index is 14.6. The van der Waals surface area contributed by atoms with Crippen LogP contribution in [0, 0.1) is 11.7 Å². The molecule has 7 nitrogen and oxygen atoms in total. The van der Waals surface area contributed by atoms with E-state index in [1.807, 2.05) is 0 Å². The van der Waals surface area contributed by atoms with Crippen LogP contribution in [-0.4, -0.2) is 68.3 Å². The number of nitrogens with zero attached hydrogens (tertiary/aromatic N) is 2. The minimum atomic E-state index is -4.48. The summed E-state index contributed by atoms with van der Waals surface area (Å²) in [6.45, 7) is -1.10. The van der Waals surface area contributed by atoms with E-state index in [-0.39, 0.29) is 56.0 Å². The molecule has 31 heavy (non-hydrogen) atoms. The number of amides is 2. The second-order valence-corrected chi connectivity index (χ2v) is 7.85. The monoisotopic (exact) mass is 446 g/mol. The van der Waals surface area contributed by atoms with Gasteiger partial charge in [0.15, 0.2) is 0 Å². The average molecular weight is 446 g/mol. The number of nitrogens with two attached hydrogens (primary N) is 1. The number of hydrogen-bond acceptors (Lipinski definition) is 5. The summed E-state index contributed by atoms with van der Waals surface area (Å²) in [4.78, 5) is 26.9. The molecule has 0 spiro atoms. The van der Waals surface area contributed by atoms with Gasteiger partial charge in [0.05, 0.1) is 18.8 Å². The standard InChI is InChI=1S/C20H26F4N4O3/c21-15-8-14(4-5-16(15)28-6-7-31-11-18(28)29)26-19(30)17(9-25)27(12-20(22,23)24)10-13-2-1-3-13/h4-5,8,13,17H,1-3,6-7,9-12,25H2,(H,26,30)/t17-/m1/s1. The summed E-state index contributed by atoms with van der Waals surface area (Å²) in [5, 5.41) is 2.45. The summed E-state index contributed by atoms with van der Waals surface area (Å²) in [5.41, 5.74) is 5.77. The first-order valence-corrected chi connectivity index (χ1v) is 10.2. The Morgan fingerprint density at radius 2 is 2.10 bits per heavy atom. The molecule has 1 saturated heterocycles. The maximum atomic E-state index is 14.6. The highest BCUT2D eigenvalue weighted by molar-refractivity contribution is 5.97. The van der Waals surface area contributed by atoms with Crippen LogP contribution in [0.25, 0.3) is 0 Å². The van der Waals surface area contributed by atoms with Gasteiger partial charge in [0, 0.05) is 25.3 Å². The molecule has 2 aliphatic rings. The maximum Gasteiger partial charge on any atom is 0.401 e. The molecule has 0 aromatic heterocycles. The van der Waals surface area contributed by atoms with E-state index < -0.39 is 30.5 Å². The first kappa shape index (κ1) is 23.4. The predicted molar refractivity (Wildman–Crippen MR) is 106 cm³/mol. The van der Waals surface area contributed by atoms with Crippen LogP contribution in [-0.2, 0) is 14.3 Å². The highest BCUT2D eigenvalue weighted by Gasteiger charge is 2.38. The molecule has 0 bridgehead atoms. The van der Waals surface area contributed by atoms with Gasteiger partial charge in [-0.1, -0.05) is 6.42 Å². The van der Waals surface area contributed by atoms with E-state index in [1.165, 1.54) is 17.0 Å². The summed E-state index contributed by atoms with van der Waals surface area (Å²) >= 11 is 0. The number of benzene rings is 1. The zero-order chi connectivity index (χ0) is 22.6. The van der Waals surface area contributed by atoms with Gasteiger partial charge < -0.3 is 20.7 Å². The topological polar surface area (TPSA) is 87.9 Å². The minimum absolute atomic E-state index is 0.0466. The molecule has 172 valence electrons. The Balaban J connectivity index is 1.71. The largest absolute Gasteiger partial charge is 0.401 e. The second kappa shape index (κ2) is 9.92. The summed E-state index contributed by atoms with van der Waals surface area (Å²) in [5.74, 6) is -1.75. The molecular formula is C20H26F4N4O3. The highest BCUT2D eigenvalue weighted by Crippen LogP contribution is 2.30. The van der Waals surface area contributed by atoms with Crippen LogP contribution in [0.4, 0.5) is 28.9 Å². The molecule has 1 heterocycles. The van der Waals surface area contributed by atoms with E-state index in [9.17, 15) is 27.2 Å². The van der Waals surface area contributed by atoms with Gasteiger partial charge in [-0.05, 0) is 37.0 Å². The molecule has 0 radical (unpaired) electrons. The molecule has 1 aliphatic carbocycles. The second-order valence-electron chi connectivity index (χ2n) is 7.85. The Labute approximate surface area is 177 Å². The van der Waals surface area contributed by atoms with Crippen LogP contribution in [0.1, 0.15) is 19.3 Å². The Kier molecular flexibility index (Phi) is 7.50. The lowest BCUT2D eigenvalue weighted by Gasteiger charge is -2.36. The molecule has 3 rings (SSSR count). The van der Waals surface area contributed by atoms with Crippen molar-refractivity contribution in [2.75, 3.05) is 49.6 Å². The fourth-order valence-electron chi connectivity index (χ4n) is 3.76. The summed E-state index contributed by atoms with van der Waals surface area (Å²) in [6, 6.07) is 2.56. The third-order valence-corrected chi connectivity index (χ3v) is 5.56. The van der Waals surface area contributed by atoms with E-state index in [0.29, 0.717) is 0 Å². The Bertz CT molecular complexity index is 801. The van der Waals surface area contributed by atoms with Gasteiger partial charge in [0.1, 0.15) is 18.5 Å². The van der Waals surface area contributed by atoms with E-state index in [0.717, 1.165) is 30.2 Å². The lowest BCUT2D eigenvalue weighted by Crippen LogP contribution is -2.53. The van der Waals surface area contributed by atoms with Crippen molar-refractivity contribution < 1.29 is 31.9 Å². The third kappa shape index (κ3) is 6.14. The molecule has 0 unspecified atom stereocenters. The lowest BCUT2D eigenvalue weighted by atomic mass is 9.85. The van der Waals surface area contributed by atoms with Crippen molar-refractivity contribution in [3.8, 4) is 0 Å². The number of morpholine rings is 1. The van der Waals surface area contributed by atoms with Gasteiger partial charge in [-0.25, -0.2) is 4.39 Å². The first-order chi connectivity index (χ1) is 14.7. The highest BCUT2D eigenvalue weighted by atomic mass is 19.4. The van der Waals surface area contributed by atoms with Crippen LogP contribution < -0.4 is 16.0 Å². The molecule has 11 heteroatoms. The molecule has 1 atom stereocenters. The lowest BCUT2D eigenvalue weighted by molar-refractivity contribution is -0.155. The summed E-state index contributed by atoms with van der Waals surface area (Å²) in [7, 11) is 0. The van der Waals surface area contributed by atoms with Gasteiger partial charge in [-0.2, -0.15) is 13.2 Å². The quantitative estimate of drug-likeness (QED) is 0.598. The molecule has 1 aromatic carbocycles. The average Bonchev–Trinajstić information content (AvgIpc) is 2.65. The Hall–Kier alpha value is -2.24. The molecule has 1 aromatic rings. The van der Waals surface area contributed by atoms with Crippen LogP contribution in [0.3, 0.4) is 0 Å². The van der Waals surface area contributed by atoms with Gasteiger partial charge in [-0.15, -0.1) is 0 Å². The smallest absolute Gasteiger partial charge is 0.370 e. The number of anilines is 2. The normalized spacial score (nSPS) is 18.8. The molecule has 1 aliphatic heterocycles. The van der Waals surface area contributed by atoms with Crippen LogP contribution in [0.2, 0.25) is 0 Å². The molecular weight excluding hydrogens is 420 g/mol. The Morgan fingerprint density at radius 1 is 1.35 bits per heavy atom. The van der Waals surface area contributed by atoms with E-state index >= 15 is 0 Å². The van der Waals surface area contributed by atoms with Gasteiger partial charge >= 0.3 is 6.18 Å². The van der Waals surface area contributed by atoms with Gasteiger partial charge in [0.25, 0.3) is 5.91 Å². The van der Waals surface area contributed by atoms with Crippen LogP contribution >= 0.6 is 0 Å². The van der Waals surface area contributed by atoms with Gasteiger partial charge in [0.2, 0.25) is 5.91 Å². The van der Waals surface area contributed by atoms with Crippen molar-refractivity contribution in [2.24, 2.45) is 11.7 Å².